The standard InChI is InChI=1S/C20H21N5O.2ClH/c26-20(17-6-4-16(5-7-17)15-24-11-2-9-23-24)25-12-10-22-14-19(25)18-3-1-8-21-13-18;;/h1-9,11,13,19,22H,10,12,14-15H2;2*1H. The second-order valence-corrected chi connectivity index (χ2v) is 6.41. The molecule has 0 radical (unpaired) electrons. The van der Waals surface area contributed by atoms with Gasteiger partial charge >= 0.3 is 0 Å². The maximum absolute atomic E-state index is 13.1. The Morgan fingerprint density at radius 3 is 2.61 bits per heavy atom. The predicted molar refractivity (Wildman–Crippen MR) is 113 cm³/mol. The molecule has 2 aromatic heterocycles. The average molecular weight is 420 g/mol. The number of carbonyl (C=O) groups excluding carboxylic acids is 1. The fraction of sp³-hybridized carbons (Fsp3) is 0.250. The predicted octanol–water partition coefficient (Wildman–Crippen LogP) is 2.96. The van der Waals surface area contributed by atoms with Crippen LogP contribution in [0, 0.1) is 0 Å². The third kappa shape index (κ3) is 4.90. The zero-order valence-corrected chi connectivity index (χ0v) is 16.9. The Hall–Kier alpha value is -2.41. The van der Waals surface area contributed by atoms with Crippen LogP contribution in [0.25, 0.3) is 0 Å². The van der Waals surface area contributed by atoms with E-state index in [-0.39, 0.29) is 36.8 Å². The largest absolute Gasteiger partial charge is 0.329 e. The highest BCUT2D eigenvalue weighted by atomic mass is 35.5. The zero-order chi connectivity index (χ0) is 17.8. The molecule has 1 aromatic carbocycles. The second-order valence-electron chi connectivity index (χ2n) is 6.41. The van der Waals surface area contributed by atoms with Crippen molar-refractivity contribution in [2.24, 2.45) is 0 Å². The average Bonchev–Trinajstić information content (AvgIpc) is 3.22. The number of pyridine rings is 1. The highest BCUT2D eigenvalue weighted by Gasteiger charge is 2.28. The van der Waals surface area contributed by atoms with Crippen LogP contribution in [0.2, 0.25) is 0 Å². The molecule has 0 spiro atoms. The van der Waals surface area contributed by atoms with Crippen LogP contribution >= 0.6 is 24.8 Å². The molecule has 28 heavy (non-hydrogen) atoms. The van der Waals surface area contributed by atoms with Crippen molar-refractivity contribution in [3.63, 3.8) is 0 Å². The van der Waals surface area contributed by atoms with Crippen LogP contribution in [0.15, 0.2) is 67.3 Å². The molecule has 3 aromatic rings. The molecule has 6 nitrogen and oxygen atoms in total. The maximum atomic E-state index is 13.1. The van der Waals surface area contributed by atoms with E-state index >= 15 is 0 Å². The summed E-state index contributed by atoms with van der Waals surface area (Å²) >= 11 is 0. The lowest BCUT2D eigenvalue weighted by atomic mass is 10.0. The third-order valence-corrected chi connectivity index (χ3v) is 4.68. The molecule has 4 rings (SSSR count). The Labute approximate surface area is 176 Å². The summed E-state index contributed by atoms with van der Waals surface area (Å²) in [5.41, 5.74) is 2.89. The SMILES string of the molecule is Cl.Cl.O=C(c1ccc(Cn2cccn2)cc1)N1CCNCC1c1cccnc1. The number of amides is 1. The quantitative estimate of drug-likeness (QED) is 0.705. The molecule has 1 fully saturated rings. The molecule has 8 heteroatoms. The minimum Gasteiger partial charge on any atom is -0.329 e. The van der Waals surface area contributed by atoms with Crippen LogP contribution in [0.1, 0.15) is 27.5 Å². The normalized spacial score (nSPS) is 16.0. The van der Waals surface area contributed by atoms with Gasteiger partial charge in [0.1, 0.15) is 0 Å². The number of halogens is 2. The third-order valence-electron chi connectivity index (χ3n) is 4.68. The van der Waals surface area contributed by atoms with Crippen LogP contribution < -0.4 is 5.32 Å². The number of hydrogen-bond acceptors (Lipinski definition) is 4. The summed E-state index contributed by atoms with van der Waals surface area (Å²) in [6, 6.07) is 13.7. The van der Waals surface area contributed by atoms with Crippen molar-refractivity contribution >= 4 is 30.7 Å². The van der Waals surface area contributed by atoms with Gasteiger partial charge in [0.2, 0.25) is 0 Å². The van der Waals surface area contributed by atoms with Gasteiger partial charge in [-0.15, -0.1) is 24.8 Å². The number of benzene rings is 1. The van der Waals surface area contributed by atoms with Crippen LogP contribution in [0.5, 0.6) is 0 Å². The van der Waals surface area contributed by atoms with Crippen molar-refractivity contribution in [3.05, 3.63) is 83.9 Å². The first-order valence-corrected chi connectivity index (χ1v) is 8.79. The number of nitrogens with one attached hydrogen (secondary N) is 1. The molecule has 1 saturated heterocycles. The monoisotopic (exact) mass is 419 g/mol. The molecule has 1 aliphatic rings. The van der Waals surface area contributed by atoms with E-state index in [0.29, 0.717) is 18.7 Å². The molecule has 1 N–H and O–H groups in total. The van der Waals surface area contributed by atoms with Gasteiger partial charge in [0.05, 0.1) is 12.6 Å². The molecule has 1 amide bonds. The summed E-state index contributed by atoms with van der Waals surface area (Å²) in [5, 5.41) is 7.59. The minimum atomic E-state index is 0. The molecule has 1 unspecified atom stereocenters. The molecule has 148 valence electrons. The van der Waals surface area contributed by atoms with E-state index < -0.39 is 0 Å². The lowest BCUT2D eigenvalue weighted by Crippen LogP contribution is -2.48. The van der Waals surface area contributed by atoms with Gasteiger partial charge in [-0.3, -0.25) is 14.5 Å². The highest BCUT2D eigenvalue weighted by molar-refractivity contribution is 5.94. The fourth-order valence-corrected chi connectivity index (χ4v) is 3.32. The summed E-state index contributed by atoms with van der Waals surface area (Å²) in [4.78, 5) is 19.2. The number of hydrogen-bond donors (Lipinski definition) is 1. The smallest absolute Gasteiger partial charge is 0.254 e. The van der Waals surface area contributed by atoms with Crippen molar-refractivity contribution in [3.8, 4) is 0 Å². The van der Waals surface area contributed by atoms with Gasteiger partial charge in [-0.2, -0.15) is 5.10 Å². The summed E-state index contributed by atoms with van der Waals surface area (Å²) in [7, 11) is 0. The molecule has 3 heterocycles. The van der Waals surface area contributed by atoms with Gasteiger partial charge in [0.25, 0.3) is 5.91 Å². The van der Waals surface area contributed by atoms with Crippen molar-refractivity contribution in [2.75, 3.05) is 19.6 Å². The molecule has 0 aliphatic carbocycles. The Morgan fingerprint density at radius 2 is 1.93 bits per heavy atom. The van der Waals surface area contributed by atoms with E-state index in [1.54, 1.807) is 12.4 Å². The Morgan fingerprint density at radius 1 is 1.11 bits per heavy atom. The van der Waals surface area contributed by atoms with Crippen LogP contribution in [0.3, 0.4) is 0 Å². The van der Waals surface area contributed by atoms with Crippen LogP contribution in [-0.4, -0.2) is 45.2 Å². The van der Waals surface area contributed by atoms with Crippen molar-refractivity contribution in [2.45, 2.75) is 12.6 Å². The molecule has 0 bridgehead atoms. The minimum absolute atomic E-state index is 0. The molecule has 1 aliphatic heterocycles. The van der Waals surface area contributed by atoms with E-state index in [9.17, 15) is 4.79 Å². The fourth-order valence-electron chi connectivity index (χ4n) is 3.32. The van der Waals surface area contributed by atoms with Gasteiger partial charge in [0, 0.05) is 50.0 Å². The Kier molecular flexibility index (Phi) is 7.99. The number of piperazine rings is 1. The van der Waals surface area contributed by atoms with E-state index in [1.807, 2.05) is 64.4 Å². The molecule has 1 atom stereocenters. The van der Waals surface area contributed by atoms with Crippen molar-refractivity contribution in [1.82, 2.24) is 25.0 Å². The highest BCUT2D eigenvalue weighted by Crippen LogP contribution is 2.23. The lowest BCUT2D eigenvalue weighted by Gasteiger charge is -2.36. The van der Waals surface area contributed by atoms with Crippen LogP contribution in [0.4, 0.5) is 0 Å². The van der Waals surface area contributed by atoms with Gasteiger partial charge in [-0.25, -0.2) is 0 Å². The van der Waals surface area contributed by atoms with Gasteiger partial charge in [-0.05, 0) is 35.4 Å². The van der Waals surface area contributed by atoms with Gasteiger partial charge < -0.3 is 10.2 Å². The maximum Gasteiger partial charge on any atom is 0.254 e. The molecular weight excluding hydrogens is 397 g/mol. The number of rotatable bonds is 4. The summed E-state index contributed by atoms with van der Waals surface area (Å²) in [5.74, 6) is 0.0611. The molecule has 0 saturated carbocycles. The van der Waals surface area contributed by atoms with E-state index in [2.05, 4.69) is 15.4 Å². The first-order valence-electron chi connectivity index (χ1n) is 8.79. The first kappa shape index (κ1) is 21.9. The summed E-state index contributed by atoms with van der Waals surface area (Å²) in [6.07, 6.45) is 7.29. The topological polar surface area (TPSA) is 63.1 Å². The van der Waals surface area contributed by atoms with E-state index in [0.717, 1.165) is 24.2 Å². The van der Waals surface area contributed by atoms with Gasteiger partial charge in [0.15, 0.2) is 0 Å². The van der Waals surface area contributed by atoms with E-state index in [1.165, 1.54) is 0 Å². The van der Waals surface area contributed by atoms with Gasteiger partial charge in [-0.1, -0.05) is 18.2 Å². The summed E-state index contributed by atoms with van der Waals surface area (Å²) < 4.78 is 1.87. The molecular formula is C20H23Cl2N5O. The number of nitrogens with zero attached hydrogens (tertiary/aromatic N) is 4. The first-order chi connectivity index (χ1) is 12.8. The van der Waals surface area contributed by atoms with E-state index in [4.69, 9.17) is 0 Å². The zero-order valence-electron chi connectivity index (χ0n) is 15.3. The summed E-state index contributed by atoms with van der Waals surface area (Å²) in [6.45, 7) is 2.94. The Bertz CT molecular complexity index is 856. The Balaban J connectivity index is 0.00000140. The van der Waals surface area contributed by atoms with Crippen molar-refractivity contribution < 1.29 is 4.79 Å². The van der Waals surface area contributed by atoms with Crippen molar-refractivity contribution in [1.29, 1.82) is 0 Å². The second kappa shape index (κ2) is 10.2. The lowest BCUT2D eigenvalue weighted by molar-refractivity contribution is 0.0634. The van der Waals surface area contributed by atoms with Crippen LogP contribution in [-0.2, 0) is 6.54 Å². The number of carbonyl (C=O) groups is 1. The number of aromatic nitrogens is 3.